The van der Waals surface area contributed by atoms with Gasteiger partial charge in [-0.3, -0.25) is 0 Å². The van der Waals surface area contributed by atoms with Crippen molar-refractivity contribution in [2.45, 2.75) is 83.7 Å². The molecule has 1 rings (SSSR count). The molecular formula is C16H28O4. The Balaban J connectivity index is 2.56. The molecule has 0 radical (unpaired) electrons. The lowest BCUT2D eigenvalue weighted by Gasteiger charge is -2.34. The predicted octanol–water partition coefficient (Wildman–Crippen LogP) is 3.77. The second-order valence-electron chi connectivity index (χ2n) is 5.67. The molecule has 116 valence electrons. The molecule has 0 aliphatic carbocycles. The van der Waals surface area contributed by atoms with Gasteiger partial charge in [-0.1, -0.05) is 52.4 Å². The Morgan fingerprint density at radius 1 is 0.900 bits per heavy atom. The van der Waals surface area contributed by atoms with Crippen molar-refractivity contribution in [1.82, 2.24) is 0 Å². The monoisotopic (exact) mass is 284 g/mol. The maximum atomic E-state index is 12.1. The highest BCUT2D eigenvalue weighted by Crippen LogP contribution is 2.31. The summed E-state index contributed by atoms with van der Waals surface area (Å²) in [5.74, 6) is -0.749. The minimum Gasteiger partial charge on any atom is -0.451 e. The zero-order valence-electron chi connectivity index (χ0n) is 12.9. The lowest BCUT2D eigenvalue weighted by atomic mass is 9.89. The number of carbonyl (C=O) groups is 2. The van der Waals surface area contributed by atoms with E-state index in [1.54, 1.807) is 0 Å². The van der Waals surface area contributed by atoms with Gasteiger partial charge < -0.3 is 9.47 Å². The lowest BCUT2D eigenvalue weighted by molar-refractivity contribution is -0.203. The van der Waals surface area contributed by atoms with E-state index >= 15 is 0 Å². The summed E-state index contributed by atoms with van der Waals surface area (Å²) in [4.78, 5) is 23.6. The number of esters is 2. The average Bonchev–Trinajstić information content (AvgIpc) is 2.44. The van der Waals surface area contributed by atoms with E-state index in [2.05, 4.69) is 13.8 Å². The largest absolute Gasteiger partial charge is 0.451 e. The predicted molar refractivity (Wildman–Crippen MR) is 77.3 cm³/mol. The second-order valence-corrected chi connectivity index (χ2v) is 5.67. The van der Waals surface area contributed by atoms with Gasteiger partial charge in [-0.05, 0) is 25.7 Å². The van der Waals surface area contributed by atoms with Crippen LogP contribution in [0.4, 0.5) is 0 Å². The summed E-state index contributed by atoms with van der Waals surface area (Å²) in [5, 5.41) is 0. The third-order valence-corrected chi connectivity index (χ3v) is 3.87. The molecule has 0 atom stereocenters. The van der Waals surface area contributed by atoms with Crippen molar-refractivity contribution < 1.29 is 19.1 Å². The van der Waals surface area contributed by atoms with Crippen LogP contribution in [0.1, 0.15) is 78.1 Å². The van der Waals surface area contributed by atoms with E-state index in [0.29, 0.717) is 12.8 Å². The van der Waals surface area contributed by atoms with Crippen LogP contribution in [0, 0.1) is 0 Å². The van der Waals surface area contributed by atoms with E-state index in [-0.39, 0.29) is 12.6 Å². The van der Waals surface area contributed by atoms with Crippen molar-refractivity contribution >= 4 is 11.9 Å². The Hall–Kier alpha value is -1.06. The van der Waals surface area contributed by atoms with Gasteiger partial charge >= 0.3 is 11.9 Å². The first-order valence-electron chi connectivity index (χ1n) is 8.03. The normalized spacial score (nSPS) is 17.7. The molecule has 20 heavy (non-hydrogen) atoms. The molecule has 1 saturated heterocycles. The van der Waals surface area contributed by atoms with E-state index in [4.69, 9.17) is 9.47 Å². The summed E-state index contributed by atoms with van der Waals surface area (Å²) in [6.07, 6.45) is 9.74. The number of unbranched alkanes of at least 4 members (excludes halogenated alkanes) is 6. The smallest absolute Gasteiger partial charge is 0.351 e. The number of rotatable bonds is 10. The summed E-state index contributed by atoms with van der Waals surface area (Å²) in [6, 6.07) is 0. The van der Waals surface area contributed by atoms with Gasteiger partial charge in [-0.25, -0.2) is 9.59 Å². The summed E-state index contributed by atoms with van der Waals surface area (Å²) in [6.45, 7) is 4.06. The molecule has 4 nitrogen and oxygen atoms in total. The van der Waals surface area contributed by atoms with Crippen LogP contribution in [0.25, 0.3) is 0 Å². The van der Waals surface area contributed by atoms with Gasteiger partial charge in [0.25, 0.3) is 0 Å². The highest BCUT2D eigenvalue weighted by atomic mass is 16.6. The van der Waals surface area contributed by atoms with Crippen molar-refractivity contribution in [2.75, 3.05) is 6.61 Å². The highest BCUT2D eigenvalue weighted by molar-refractivity contribution is 5.88. The van der Waals surface area contributed by atoms with E-state index in [9.17, 15) is 9.59 Å². The Labute approximate surface area is 122 Å². The maximum absolute atomic E-state index is 12.1. The fourth-order valence-corrected chi connectivity index (χ4v) is 2.65. The molecule has 0 amide bonds. The summed E-state index contributed by atoms with van der Waals surface area (Å²) in [5.41, 5.74) is -1.00. The van der Waals surface area contributed by atoms with Crippen molar-refractivity contribution in [2.24, 2.45) is 0 Å². The molecule has 4 heteroatoms. The zero-order chi connectivity index (χ0) is 14.8. The van der Waals surface area contributed by atoms with Gasteiger partial charge in [-0.15, -0.1) is 0 Å². The van der Waals surface area contributed by atoms with Gasteiger partial charge in [0, 0.05) is 0 Å². The molecule has 0 N–H and O–H groups in total. The Kier molecular flexibility index (Phi) is 7.63. The van der Waals surface area contributed by atoms with Crippen LogP contribution >= 0.6 is 0 Å². The summed E-state index contributed by atoms with van der Waals surface area (Å²) >= 11 is 0. The van der Waals surface area contributed by atoms with Crippen LogP contribution in [0.5, 0.6) is 0 Å². The number of hydrogen-bond donors (Lipinski definition) is 0. The van der Waals surface area contributed by atoms with Gasteiger partial charge in [0.2, 0.25) is 5.60 Å². The quantitative estimate of drug-likeness (QED) is 0.452. The number of hydrogen-bond acceptors (Lipinski definition) is 4. The molecule has 0 bridgehead atoms. The SMILES string of the molecule is CCCCCCC1(CCCCCC)OC(=O)COC1=O. The standard InChI is InChI=1S/C16H28O4/c1-3-5-7-9-11-16(12-10-8-6-4-2)15(18)19-13-14(17)20-16/h3-13H2,1-2H3. The minimum absolute atomic E-state index is 0.232. The third kappa shape index (κ3) is 5.14. The third-order valence-electron chi connectivity index (χ3n) is 3.87. The van der Waals surface area contributed by atoms with Crippen LogP contribution < -0.4 is 0 Å². The molecule has 0 unspecified atom stereocenters. The molecule has 0 aromatic heterocycles. The van der Waals surface area contributed by atoms with Crippen molar-refractivity contribution in [3.63, 3.8) is 0 Å². The Morgan fingerprint density at radius 3 is 1.95 bits per heavy atom. The summed E-state index contributed by atoms with van der Waals surface area (Å²) < 4.78 is 10.4. The first-order valence-corrected chi connectivity index (χ1v) is 8.03. The van der Waals surface area contributed by atoms with E-state index in [1.807, 2.05) is 0 Å². The first-order chi connectivity index (χ1) is 9.64. The lowest BCUT2D eigenvalue weighted by Crippen LogP contribution is -2.50. The van der Waals surface area contributed by atoms with Gasteiger partial charge in [0.1, 0.15) is 0 Å². The van der Waals surface area contributed by atoms with Crippen molar-refractivity contribution in [3.8, 4) is 0 Å². The molecule has 1 fully saturated rings. The molecule has 0 aromatic carbocycles. The number of cyclic esters (lactones) is 2. The topological polar surface area (TPSA) is 52.6 Å². The van der Waals surface area contributed by atoms with Crippen LogP contribution in [-0.2, 0) is 19.1 Å². The van der Waals surface area contributed by atoms with Gasteiger partial charge in [-0.2, -0.15) is 0 Å². The zero-order valence-corrected chi connectivity index (χ0v) is 12.9. The Morgan fingerprint density at radius 2 is 1.45 bits per heavy atom. The average molecular weight is 284 g/mol. The maximum Gasteiger partial charge on any atom is 0.351 e. The molecule has 1 aliphatic heterocycles. The van der Waals surface area contributed by atoms with Crippen LogP contribution in [0.2, 0.25) is 0 Å². The van der Waals surface area contributed by atoms with Crippen molar-refractivity contribution in [1.29, 1.82) is 0 Å². The number of carbonyl (C=O) groups excluding carboxylic acids is 2. The molecule has 1 heterocycles. The molecular weight excluding hydrogens is 256 g/mol. The summed E-state index contributed by atoms with van der Waals surface area (Å²) in [7, 11) is 0. The van der Waals surface area contributed by atoms with Crippen LogP contribution in [-0.4, -0.2) is 24.1 Å². The molecule has 0 aromatic rings. The number of ether oxygens (including phenoxy) is 2. The van der Waals surface area contributed by atoms with Gasteiger partial charge in [0.15, 0.2) is 6.61 Å². The van der Waals surface area contributed by atoms with E-state index in [1.165, 1.54) is 0 Å². The molecule has 1 aliphatic rings. The van der Waals surface area contributed by atoms with Gasteiger partial charge in [0.05, 0.1) is 0 Å². The second kappa shape index (κ2) is 8.98. The van der Waals surface area contributed by atoms with E-state index < -0.39 is 11.6 Å². The fourth-order valence-electron chi connectivity index (χ4n) is 2.65. The first kappa shape index (κ1) is 17.0. The molecule has 0 spiro atoms. The Bertz CT molecular complexity index is 300. The van der Waals surface area contributed by atoms with E-state index in [0.717, 1.165) is 51.4 Å². The van der Waals surface area contributed by atoms with Crippen LogP contribution in [0.3, 0.4) is 0 Å². The minimum atomic E-state index is -1.00. The van der Waals surface area contributed by atoms with Crippen LogP contribution in [0.15, 0.2) is 0 Å². The highest BCUT2D eigenvalue weighted by Gasteiger charge is 2.46. The van der Waals surface area contributed by atoms with Crippen molar-refractivity contribution in [3.05, 3.63) is 0 Å². The molecule has 0 saturated carbocycles. The fraction of sp³-hybridized carbons (Fsp3) is 0.875.